The molecule has 4 rings (SSSR count). The predicted octanol–water partition coefficient (Wildman–Crippen LogP) is 4.66. The van der Waals surface area contributed by atoms with Gasteiger partial charge in [0.05, 0.1) is 30.4 Å². The number of amides is 2. The molecule has 2 heterocycles. The Labute approximate surface area is 277 Å². The second-order valence-electron chi connectivity index (χ2n) is 12.3. The SMILES string of the molecule is Cc1noc(C)c1S(=O)(=O)N(C)C[C@@H]1OCCCC[C@@H](C)Oc2ccc(NC(=O)c3ccccc3)cc2C(=O)N([C@@H](C)CO)C[C@H]1C. The Morgan fingerprint density at radius 3 is 2.53 bits per heavy atom. The van der Waals surface area contributed by atoms with Crippen molar-refractivity contribution in [1.82, 2.24) is 14.4 Å². The molecule has 0 radical (unpaired) electrons. The number of carbonyl (C=O) groups excluding carboxylic acids is 2. The van der Waals surface area contributed by atoms with Crippen LogP contribution in [0.2, 0.25) is 0 Å². The summed E-state index contributed by atoms with van der Waals surface area (Å²) in [6.07, 6.45) is 1.41. The third-order valence-corrected chi connectivity index (χ3v) is 10.5. The minimum Gasteiger partial charge on any atom is -0.490 e. The van der Waals surface area contributed by atoms with Gasteiger partial charge in [0, 0.05) is 43.9 Å². The topological polar surface area (TPSA) is 152 Å². The van der Waals surface area contributed by atoms with Crippen molar-refractivity contribution in [2.24, 2.45) is 5.92 Å². The highest BCUT2D eigenvalue weighted by molar-refractivity contribution is 7.89. The Morgan fingerprint density at radius 1 is 1.15 bits per heavy atom. The molecule has 1 aliphatic heterocycles. The van der Waals surface area contributed by atoms with Crippen molar-refractivity contribution in [3.05, 3.63) is 71.1 Å². The molecule has 3 aromatic rings. The molecule has 2 N–H and O–H groups in total. The number of carbonyl (C=O) groups is 2. The first-order valence-corrected chi connectivity index (χ1v) is 17.4. The maximum atomic E-state index is 14.3. The van der Waals surface area contributed by atoms with Crippen molar-refractivity contribution in [3.63, 3.8) is 0 Å². The van der Waals surface area contributed by atoms with Crippen molar-refractivity contribution in [3.8, 4) is 5.75 Å². The van der Waals surface area contributed by atoms with Gasteiger partial charge in [-0.05, 0) is 77.3 Å². The Balaban J connectivity index is 1.66. The molecule has 47 heavy (non-hydrogen) atoms. The summed E-state index contributed by atoms with van der Waals surface area (Å²) >= 11 is 0. The molecular formula is C34H46N4O8S. The maximum absolute atomic E-state index is 14.3. The number of hydrogen-bond donors (Lipinski definition) is 2. The minimum atomic E-state index is -3.94. The van der Waals surface area contributed by atoms with Gasteiger partial charge >= 0.3 is 0 Å². The lowest BCUT2D eigenvalue weighted by atomic mass is 10.0. The van der Waals surface area contributed by atoms with Gasteiger partial charge in [-0.3, -0.25) is 9.59 Å². The largest absolute Gasteiger partial charge is 0.490 e. The van der Waals surface area contributed by atoms with Crippen molar-refractivity contribution < 1.29 is 37.1 Å². The number of nitrogens with zero attached hydrogens (tertiary/aromatic N) is 3. The summed E-state index contributed by atoms with van der Waals surface area (Å²) in [5.41, 5.74) is 1.40. The maximum Gasteiger partial charge on any atom is 0.258 e. The number of ether oxygens (including phenoxy) is 2. The van der Waals surface area contributed by atoms with Gasteiger partial charge < -0.3 is 29.3 Å². The van der Waals surface area contributed by atoms with E-state index in [-0.39, 0.29) is 59.5 Å². The van der Waals surface area contributed by atoms with Crippen molar-refractivity contribution >= 4 is 27.5 Å². The van der Waals surface area contributed by atoms with Gasteiger partial charge in [-0.15, -0.1) is 0 Å². The lowest BCUT2D eigenvalue weighted by molar-refractivity contribution is -0.00835. The van der Waals surface area contributed by atoms with Crippen LogP contribution in [0.4, 0.5) is 5.69 Å². The summed E-state index contributed by atoms with van der Waals surface area (Å²) in [6.45, 7) is 8.97. The summed E-state index contributed by atoms with van der Waals surface area (Å²) in [5.74, 6) is -0.486. The number of likely N-dealkylation sites (N-methyl/N-ethyl adjacent to an activating group) is 1. The van der Waals surface area contributed by atoms with Crippen LogP contribution in [0, 0.1) is 19.8 Å². The highest BCUT2D eigenvalue weighted by Gasteiger charge is 2.34. The van der Waals surface area contributed by atoms with Gasteiger partial charge in [0.25, 0.3) is 11.8 Å². The highest BCUT2D eigenvalue weighted by Crippen LogP contribution is 2.29. The molecule has 0 fully saturated rings. The number of benzene rings is 2. The molecule has 13 heteroatoms. The van der Waals surface area contributed by atoms with E-state index in [0.717, 1.165) is 12.8 Å². The Hall–Kier alpha value is -3.78. The molecule has 0 spiro atoms. The Morgan fingerprint density at radius 2 is 1.87 bits per heavy atom. The van der Waals surface area contributed by atoms with E-state index in [0.29, 0.717) is 30.0 Å². The number of fused-ring (bicyclic) bond motifs is 1. The molecule has 0 aliphatic carbocycles. The van der Waals surface area contributed by atoms with Crippen LogP contribution < -0.4 is 10.1 Å². The summed E-state index contributed by atoms with van der Waals surface area (Å²) < 4.78 is 46.0. The summed E-state index contributed by atoms with van der Waals surface area (Å²) in [6, 6.07) is 13.2. The molecule has 1 aromatic heterocycles. The van der Waals surface area contributed by atoms with E-state index in [1.54, 1.807) is 68.1 Å². The first-order valence-electron chi connectivity index (χ1n) is 15.9. The van der Waals surface area contributed by atoms with Crippen LogP contribution in [-0.4, -0.2) is 91.3 Å². The fourth-order valence-corrected chi connectivity index (χ4v) is 7.07. The Bertz CT molecular complexity index is 1610. The number of anilines is 1. The van der Waals surface area contributed by atoms with E-state index in [4.69, 9.17) is 14.0 Å². The zero-order valence-electron chi connectivity index (χ0n) is 27.9. The highest BCUT2D eigenvalue weighted by atomic mass is 32.2. The monoisotopic (exact) mass is 670 g/mol. The number of aryl methyl sites for hydroxylation is 2. The first kappa shape index (κ1) is 36.1. The summed E-state index contributed by atoms with van der Waals surface area (Å²) in [5, 5.41) is 16.9. The van der Waals surface area contributed by atoms with E-state index >= 15 is 0 Å². The van der Waals surface area contributed by atoms with E-state index in [1.165, 1.54) is 11.4 Å². The van der Waals surface area contributed by atoms with Gasteiger partial charge in [0.2, 0.25) is 10.0 Å². The van der Waals surface area contributed by atoms with E-state index < -0.39 is 28.1 Å². The standard InChI is InChI=1S/C34H46N4O8S/c1-22-19-38(23(2)21-39)34(41)29-18-28(35-33(40)27-13-8-7-9-14-27)15-16-30(29)45-24(3)12-10-11-17-44-31(22)20-37(6)47(42,43)32-25(4)36-46-26(32)5/h7-9,13-16,18,22-24,31,39H,10-12,17,19-21H2,1-6H3,(H,35,40)/t22-,23+,24-,31+/m1/s1. The average molecular weight is 671 g/mol. The number of sulfonamides is 1. The number of hydrogen-bond acceptors (Lipinski definition) is 9. The van der Waals surface area contributed by atoms with E-state index in [9.17, 15) is 23.1 Å². The van der Waals surface area contributed by atoms with Crippen molar-refractivity contribution in [2.75, 3.05) is 38.7 Å². The number of nitrogens with one attached hydrogen (secondary N) is 1. The van der Waals surface area contributed by atoms with E-state index in [2.05, 4.69) is 10.5 Å². The third-order valence-electron chi connectivity index (χ3n) is 8.42. The normalized spacial score (nSPS) is 20.6. The molecule has 2 amide bonds. The van der Waals surface area contributed by atoms with Crippen LogP contribution in [0.1, 0.15) is 72.2 Å². The number of aliphatic hydroxyl groups excluding tert-OH is 1. The van der Waals surface area contributed by atoms with Crippen molar-refractivity contribution in [1.29, 1.82) is 0 Å². The van der Waals surface area contributed by atoms with Gasteiger partial charge in [-0.1, -0.05) is 30.3 Å². The smallest absolute Gasteiger partial charge is 0.258 e. The molecule has 2 aromatic carbocycles. The van der Waals surface area contributed by atoms with Gasteiger partial charge in [-0.2, -0.15) is 4.31 Å². The molecule has 256 valence electrons. The van der Waals surface area contributed by atoms with Crippen LogP contribution in [0.3, 0.4) is 0 Å². The van der Waals surface area contributed by atoms with Crippen LogP contribution in [0.5, 0.6) is 5.75 Å². The van der Waals surface area contributed by atoms with Gasteiger partial charge in [-0.25, -0.2) is 8.42 Å². The van der Waals surface area contributed by atoms with Crippen molar-refractivity contribution in [2.45, 2.75) is 77.0 Å². The molecule has 1 aliphatic rings. The molecule has 0 unspecified atom stereocenters. The fourth-order valence-electron chi connectivity index (χ4n) is 5.61. The molecule has 0 bridgehead atoms. The van der Waals surface area contributed by atoms with Crippen LogP contribution in [0.25, 0.3) is 0 Å². The van der Waals surface area contributed by atoms with Crippen LogP contribution >= 0.6 is 0 Å². The van der Waals surface area contributed by atoms with Crippen LogP contribution in [-0.2, 0) is 14.8 Å². The lowest BCUT2D eigenvalue weighted by Gasteiger charge is -2.35. The molecule has 0 saturated carbocycles. The van der Waals surface area contributed by atoms with Gasteiger partial charge in [0.1, 0.15) is 16.3 Å². The lowest BCUT2D eigenvalue weighted by Crippen LogP contribution is -2.48. The second-order valence-corrected chi connectivity index (χ2v) is 14.3. The number of rotatable bonds is 8. The van der Waals surface area contributed by atoms with Crippen LogP contribution in [0.15, 0.2) is 57.9 Å². The predicted molar refractivity (Wildman–Crippen MR) is 177 cm³/mol. The fraction of sp³-hybridized carbons (Fsp3) is 0.500. The first-order chi connectivity index (χ1) is 22.3. The molecular weight excluding hydrogens is 624 g/mol. The molecule has 0 saturated heterocycles. The summed E-state index contributed by atoms with van der Waals surface area (Å²) in [7, 11) is -2.45. The second kappa shape index (κ2) is 15.9. The number of aromatic nitrogens is 1. The number of aliphatic hydroxyl groups is 1. The van der Waals surface area contributed by atoms with Gasteiger partial charge in [0.15, 0.2) is 5.76 Å². The zero-order chi connectivity index (χ0) is 34.3. The average Bonchev–Trinajstić information content (AvgIpc) is 3.40. The summed E-state index contributed by atoms with van der Waals surface area (Å²) in [4.78, 5) is 28.8. The third kappa shape index (κ3) is 8.78. The van der Waals surface area contributed by atoms with E-state index in [1.807, 2.05) is 19.9 Å². The minimum absolute atomic E-state index is 0.0227. The molecule has 4 atom stereocenters. The molecule has 12 nitrogen and oxygen atoms in total. The quantitative estimate of drug-likeness (QED) is 0.349. The zero-order valence-corrected chi connectivity index (χ0v) is 28.7. The Kier molecular flexibility index (Phi) is 12.2.